The number of ether oxygens (including phenoxy) is 1. The number of hydrogen-bond acceptors (Lipinski definition) is 5. The van der Waals surface area contributed by atoms with E-state index >= 15 is 0 Å². The molecule has 0 saturated carbocycles. The lowest BCUT2D eigenvalue weighted by Gasteiger charge is -2.35. The third-order valence-corrected chi connectivity index (χ3v) is 5.86. The van der Waals surface area contributed by atoms with Crippen LogP contribution in [0.25, 0.3) is 0 Å². The molecule has 3 N–H and O–H groups in total. The topological polar surface area (TPSA) is 108 Å². The van der Waals surface area contributed by atoms with Crippen LogP contribution in [0.3, 0.4) is 0 Å². The standard InChI is InChI=1S/C28H47N3O5/c1-9-11-12-16-31(26(34)23(18-32)30-27(35)36-28(6,7)8)24(25(33)29-21(5)13-10-2)22-17-19(3)14-15-20(22)4/h14-15,17,21,23-24,32H,9-13,16,18H2,1-8H3,(H,29,33)(H,30,35). The maximum Gasteiger partial charge on any atom is 0.408 e. The van der Waals surface area contributed by atoms with Crippen LogP contribution < -0.4 is 10.6 Å². The third kappa shape index (κ3) is 10.2. The summed E-state index contributed by atoms with van der Waals surface area (Å²) >= 11 is 0. The predicted molar refractivity (Wildman–Crippen MR) is 143 cm³/mol. The van der Waals surface area contributed by atoms with E-state index < -0.39 is 36.3 Å². The van der Waals surface area contributed by atoms with Crippen molar-refractivity contribution in [2.75, 3.05) is 13.2 Å². The molecule has 204 valence electrons. The van der Waals surface area contributed by atoms with Crippen molar-refractivity contribution in [3.05, 3.63) is 34.9 Å². The molecule has 0 spiro atoms. The largest absolute Gasteiger partial charge is 0.444 e. The van der Waals surface area contributed by atoms with Gasteiger partial charge in [0.2, 0.25) is 11.8 Å². The number of carbonyl (C=O) groups excluding carboxylic acids is 3. The summed E-state index contributed by atoms with van der Waals surface area (Å²) in [4.78, 5) is 41.4. The summed E-state index contributed by atoms with van der Waals surface area (Å²) in [5.41, 5.74) is 1.83. The van der Waals surface area contributed by atoms with Gasteiger partial charge in [-0.3, -0.25) is 9.59 Å². The molecule has 0 fully saturated rings. The van der Waals surface area contributed by atoms with E-state index in [9.17, 15) is 19.5 Å². The maximum atomic E-state index is 13.8. The van der Waals surface area contributed by atoms with Gasteiger partial charge in [0.25, 0.3) is 0 Å². The summed E-state index contributed by atoms with van der Waals surface area (Å²) in [6.45, 7) is 14.8. The normalized spacial score (nSPS) is 13.9. The van der Waals surface area contributed by atoms with Gasteiger partial charge in [0.05, 0.1) is 6.61 Å². The van der Waals surface area contributed by atoms with Gasteiger partial charge in [-0.25, -0.2) is 4.79 Å². The number of rotatable bonds is 13. The van der Waals surface area contributed by atoms with Crippen molar-refractivity contribution in [3.63, 3.8) is 0 Å². The number of amides is 3. The van der Waals surface area contributed by atoms with E-state index in [2.05, 4.69) is 24.5 Å². The first-order valence-electron chi connectivity index (χ1n) is 13.1. The molecular formula is C28H47N3O5. The fourth-order valence-corrected chi connectivity index (χ4v) is 4.07. The summed E-state index contributed by atoms with van der Waals surface area (Å²) < 4.78 is 5.29. The molecule has 1 aromatic carbocycles. The van der Waals surface area contributed by atoms with Gasteiger partial charge in [-0.1, -0.05) is 56.9 Å². The highest BCUT2D eigenvalue weighted by molar-refractivity contribution is 5.92. The number of nitrogens with one attached hydrogen (secondary N) is 2. The second-order valence-corrected chi connectivity index (χ2v) is 10.6. The molecule has 0 aromatic heterocycles. The lowest BCUT2D eigenvalue weighted by atomic mass is 9.95. The second kappa shape index (κ2) is 14.8. The van der Waals surface area contributed by atoms with Crippen LogP contribution in [-0.4, -0.2) is 58.8 Å². The number of carbonyl (C=O) groups is 3. The van der Waals surface area contributed by atoms with Gasteiger partial charge >= 0.3 is 6.09 Å². The molecule has 8 heteroatoms. The molecule has 0 aliphatic rings. The number of aliphatic hydroxyl groups excluding tert-OH is 1. The van der Waals surface area contributed by atoms with Crippen LogP contribution in [0.15, 0.2) is 18.2 Å². The Balaban J connectivity index is 3.48. The molecule has 3 atom stereocenters. The number of aryl methyl sites for hydroxylation is 2. The van der Waals surface area contributed by atoms with Crippen molar-refractivity contribution in [2.45, 2.75) is 111 Å². The molecule has 8 nitrogen and oxygen atoms in total. The van der Waals surface area contributed by atoms with Crippen molar-refractivity contribution < 1.29 is 24.2 Å². The van der Waals surface area contributed by atoms with Gasteiger partial charge in [-0.05, 0) is 65.5 Å². The summed E-state index contributed by atoms with van der Waals surface area (Å²) in [5.74, 6) is -0.799. The maximum absolute atomic E-state index is 13.8. The summed E-state index contributed by atoms with van der Waals surface area (Å²) in [7, 11) is 0. The number of hydrogen-bond donors (Lipinski definition) is 3. The Morgan fingerprint density at radius 3 is 2.28 bits per heavy atom. The number of benzene rings is 1. The van der Waals surface area contributed by atoms with Crippen LogP contribution in [0, 0.1) is 13.8 Å². The smallest absolute Gasteiger partial charge is 0.408 e. The van der Waals surface area contributed by atoms with Crippen LogP contribution in [0.5, 0.6) is 0 Å². The Morgan fingerprint density at radius 1 is 1.06 bits per heavy atom. The fourth-order valence-electron chi connectivity index (χ4n) is 4.07. The summed E-state index contributed by atoms with van der Waals surface area (Å²) in [6, 6.07) is 3.64. The lowest BCUT2D eigenvalue weighted by molar-refractivity contribution is -0.143. The highest BCUT2D eigenvalue weighted by Gasteiger charge is 2.37. The van der Waals surface area contributed by atoms with Crippen LogP contribution in [0.4, 0.5) is 4.79 Å². The van der Waals surface area contributed by atoms with Gasteiger partial charge in [0.15, 0.2) is 0 Å². The first kappa shape index (κ1) is 31.4. The Hall–Kier alpha value is -2.61. The monoisotopic (exact) mass is 505 g/mol. The van der Waals surface area contributed by atoms with Crippen molar-refractivity contribution in [1.29, 1.82) is 0 Å². The predicted octanol–water partition coefficient (Wildman–Crippen LogP) is 4.55. The van der Waals surface area contributed by atoms with Crippen molar-refractivity contribution in [3.8, 4) is 0 Å². The van der Waals surface area contributed by atoms with E-state index in [1.54, 1.807) is 20.8 Å². The average molecular weight is 506 g/mol. The second-order valence-electron chi connectivity index (χ2n) is 10.6. The Morgan fingerprint density at radius 2 is 1.72 bits per heavy atom. The molecule has 3 amide bonds. The highest BCUT2D eigenvalue weighted by atomic mass is 16.6. The minimum absolute atomic E-state index is 0.0590. The molecule has 36 heavy (non-hydrogen) atoms. The minimum Gasteiger partial charge on any atom is -0.444 e. The number of aliphatic hydroxyl groups is 1. The Kier molecular flexibility index (Phi) is 12.9. The molecule has 1 rings (SSSR count). The van der Waals surface area contributed by atoms with Crippen molar-refractivity contribution >= 4 is 17.9 Å². The van der Waals surface area contributed by atoms with Crippen molar-refractivity contribution in [2.24, 2.45) is 0 Å². The van der Waals surface area contributed by atoms with Crippen LogP contribution >= 0.6 is 0 Å². The minimum atomic E-state index is -1.24. The van der Waals surface area contributed by atoms with Crippen LogP contribution in [0.1, 0.15) is 96.4 Å². The number of unbranched alkanes of at least 4 members (excludes halogenated alkanes) is 2. The van der Waals surface area contributed by atoms with Gasteiger partial charge in [0.1, 0.15) is 17.7 Å². The first-order chi connectivity index (χ1) is 16.8. The Labute approximate surface area is 217 Å². The van der Waals surface area contributed by atoms with Gasteiger partial charge in [0, 0.05) is 12.6 Å². The van der Waals surface area contributed by atoms with E-state index in [0.29, 0.717) is 13.0 Å². The van der Waals surface area contributed by atoms with Gasteiger partial charge < -0.3 is 25.4 Å². The molecular weight excluding hydrogens is 458 g/mol. The van der Waals surface area contributed by atoms with E-state index in [0.717, 1.165) is 42.4 Å². The molecule has 1 aromatic rings. The third-order valence-electron chi connectivity index (χ3n) is 5.86. The average Bonchev–Trinajstić information content (AvgIpc) is 2.77. The molecule has 0 radical (unpaired) electrons. The van der Waals surface area contributed by atoms with Gasteiger partial charge in [-0.2, -0.15) is 0 Å². The van der Waals surface area contributed by atoms with E-state index in [4.69, 9.17) is 4.74 Å². The quantitative estimate of drug-likeness (QED) is 0.341. The lowest BCUT2D eigenvalue weighted by Crippen LogP contribution is -2.55. The Bertz CT molecular complexity index is 865. The zero-order valence-corrected chi connectivity index (χ0v) is 23.4. The molecule has 0 aliphatic carbocycles. The SMILES string of the molecule is CCCCCN(C(=O)C(CO)NC(=O)OC(C)(C)C)C(C(=O)NC(C)CCC)c1cc(C)ccc1C. The fraction of sp³-hybridized carbons (Fsp3) is 0.679. The van der Waals surface area contributed by atoms with Crippen molar-refractivity contribution in [1.82, 2.24) is 15.5 Å². The van der Waals surface area contributed by atoms with Crippen LogP contribution in [0.2, 0.25) is 0 Å². The molecule has 0 heterocycles. The number of alkyl carbamates (subject to hydrolysis) is 1. The summed E-state index contributed by atoms with van der Waals surface area (Å²) in [5, 5.41) is 15.6. The zero-order chi connectivity index (χ0) is 27.5. The van der Waals surface area contributed by atoms with E-state index in [-0.39, 0.29) is 11.9 Å². The van der Waals surface area contributed by atoms with E-state index in [1.807, 2.05) is 39.0 Å². The first-order valence-corrected chi connectivity index (χ1v) is 13.1. The van der Waals surface area contributed by atoms with E-state index in [1.165, 1.54) is 4.90 Å². The molecule has 0 aliphatic heterocycles. The number of nitrogens with zero attached hydrogens (tertiary/aromatic N) is 1. The molecule has 0 saturated heterocycles. The summed E-state index contributed by atoms with van der Waals surface area (Å²) in [6.07, 6.45) is 3.44. The van der Waals surface area contributed by atoms with Crippen LogP contribution in [-0.2, 0) is 14.3 Å². The van der Waals surface area contributed by atoms with Gasteiger partial charge in [-0.15, -0.1) is 0 Å². The molecule has 3 unspecified atom stereocenters. The zero-order valence-electron chi connectivity index (χ0n) is 23.4. The molecule has 0 bridgehead atoms. The highest BCUT2D eigenvalue weighted by Crippen LogP contribution is 2.27.